The first-order valence-corrected chi connectivity index (χ1v) is 10.5. The Labute approximate surface area is 192 Å². The van der Waals surface area contributed by atoms with Gasteiger partial charge in [0, 0.05) is 30.7 Å². The van der Waals surface area contributed by atoms with Gasteiger partial charge in [0.2, 0.25) is 0 Å². The van der Waals surface area contributed by atoms with Gasteiger partial charge in [-0.2, -0.15) is 5.26 Å². The van der Waals surface area contributed by atoms with Crippen molar-refractivity contribution in [1.82, 2.24) is 4.57 Å². The number of carbonyl (C=O) groups excluding carboxylic acids is 1. The third-order valence-electron chi connectivity index (χ3n) is 4.36. The van der Waals surface area contributed by atoms with E-state index >= 15 is 0 Å². The number of benzene rings is 2. The van der Waals surface area contributed by atoms with Crippen molar-refractivity contribution in [2.75, 3.05) is 5.32 Å². The molecule has 3 rings (SSSR count). The summed E-state index contributed by atoms with van der Waals surface area (Å²) in [6.07, 6.45) is 1.59. The van der Waals surface area contributed by atoms with Crippen LogP contribution in [0.2, 0.25) is 10.0 Å². The quantitative estimate of drug-likeness (QED) is 0.234. The summed E-state index contributed by atoms with van der Waals surface area (Å²) < 4.78 is 2.88. The number of aromatic nitrogens is 1. The smallest absolute Gasteiger partial charge is 0.266 e. The molecule has 1 heterocycles. The van der Waals surface area contributed by atoms with Crippen LogP contribution in [-0.2, 0) is 4.79 Å². The molecule has 0 saturated carbocycles. The van der Waals surface area contributed by atoms with Gasteiger partial charge in [-0.05, 0) is 84.5 Å². The van der Waals surface area contributed by atoms with Crippen LogP contribution in [0.1, 0.15) is 17.0 Å². The highest BCUT2D eigenvalue weighted by atomic mass is 127. The Morgan fingerprint density at radius 2 is 1.79 bits per heavy atom. The fourth-order valence-corrected chi connectivity index (χ4v) is 4.09. The number of carbonyl (C=O) groups is 1. The van der Waals surface area contributed by atoms with Crippen LogP contribution in [-0.4, -0.2) is 10.5 Å². The van der Waals surface area contributed by atoms with E-state index in [1.54, 1.807) is 18.2 Å². The maximum absolute atomic E-state index is 12.6. The molecule has 0 bridgehead atoms. The number of hydrogen-bond acceptors (Lipinski definition) is 2. The third-order valence-corrected chi connectivity index (χ3v) is 5.74. The fourth-order valence-electron chi connectivity index (χ4n) is 3.06. The van der Waals surface area contributed by atoms with E-state index in [4.69, 9.17) is 23.2 Å². The highest BCUT2D eigenvalue weighted by Crippen LogP contribution is 2.27. The monoisotopic (exact) mass is 535 g/mol. The van der Waals surface area contributed by atoms with Crippen molar-refractivity contribution in [1.29, 1.82) is 5.26 Å². The summed E-state index contributed by atoms with van der Waals surface area (Å²) in [5.74, 6) is -0.452. The van der Waals surface area contributed by atoms with Crippen molar-refractivity contribution < 1.29 is 4.79 Å². The Morgan fingerprint density at radius 1 is 1.14 bits per heavy atom. The molecule has 0 radical (unpaired) electrons. The van der Waals surface area contributed by atoms with E-state index in [1.165, 1.54) is 0 Å². The summed E-state index contributed by atoms with van der Waals surface area (Å²) in [6.45, 7) is 3.86. The Kier molecular flexibility index (Phi) is 6.68. The maximum Gasteiger partial charge on any atom is 0.266 e. The molecule has 0 aliphatic carbocycles. The van der Waals surface area contributed by atoms with E-state index in [1.807, 2.05) is 60.9 Å². The molecule has 1 aromatic heterocycles. The van der Waals surface area contributed by atoms with Gasteiger partial charge in [0.1, 0.15) is 11.6 Å². The largest absolute Gasteiger partial charge is 0.320 e. The van der Waals surface area contributed by atoms with Gasteiger partial charge in [-0.15, -0.1) is 0 Å². The van der Waals surface area contributed by atoms with Gasteiger partial charge >= 0.3 is 0 Å². The van der Waals surface area contributed by atoms with Crippen molar-refractivity contribution in [2.45, 2.75) is 13.8 Å². The van der Waals surface area contributed by atoms with E-state index in [0.29, 0.717) is 15.7 Å². The van der Waals surface area contributed by atoms with Gasteiger partial charge in [-0.25, -0.2) is 0 Å². The molecule has 0 aliphatic rings. The van der Waals surface area contributed by atoms with Crippen molar-refractivity contribution >= 4 is 63.5 Å². The summed E-state index contributed by atoms with van der Waals surface area (Å²) in [6, 6.07) is 16.6. The summed E-state index contributed by atoms with van der Waals surface area (Å²) in [5, 5.41) is 13.4. The van der Waals surface area contributed by atoms with Gasteiger partial charge in [0.05, 0.1) is 5.69 Å². The van der Waals surface area contributed by atoms with E-state index in [0.717, 1.165) is 26.2 Å². The molecule has 1 amide bonds. The molecule has 4 nitrogen and oxygen atoms in total. The van der Waals surface area contributed by atoms with E-state index < -0.39 is 5.91 Å². The second-order valence-corrected chi connectivity index (χ2v) is 8.43. The lowest BCUT2D eigenvalue weighted by molar-refractivity contribution is -0.112. The second kappa shape index (κ2) is 9.04. The first-order chi connectivity index (χ1) is 13.8. The number of anilines is 1. The molecule has 0 atom stereocenters. The number of nitrogens with one attached hydrogen (secondary N) is 1. The molecule has 0 spiro atoms. The molecule has 146 valence electrons. The number of aryl methyl sites for hydroxylation is 1. The topological polar surface area (TPSA) is 57.8 Å². The lowest BCUT2D eigenvalue weighted by atomic mass is 10.1. The molecule has 2 aromatic carbocycles. The highest BCUT2D eigenvalue weighted by Gasteiger charge is 2.15. The Balaban J connectivity index is 1.98. The number of nitriles is 1. The fraction of sp³-hybridized carbons (Fsp3) is 0.0909. The van der Waals surface area contributed by atoms with Crippen molar-refractivity contribution in [3.63, 3.8) is 0 Å². The number of nitrogens with zero attached hydrogens (tertiary/aromatic N) is 2. The van der Waals surface area contributed by atoms with Crippen LogP contribution in [0.15, 0.2) is 54.1 Å². The summed E-state index contributed by atoms with van der Waals surface area (Å²) in [5.41, 5.74) is 4.08. The average Bonchev–Trinajstić information content (AvgIpc) is 2.94. The van der Waals surface area contributed by atoms with E-state index in [9.17, 15) is 10.1 Å². The van der Waals surface area contributed by atoms with Crippen LogP contribution in [0.25, 0.3) is 11.8 Å². The van der Waals surface area contributed by atoms with Gasteiger partial charge in [0.15, 0.2) is 0 Å². The Hall–Kier alpha value is -2.27. The van der Waals surface area contributed by atoms with Crippen LogP contribution in [0.3, 0.4) is 0 Å². The number of halogens is 3. The maximum atomic E-state index is 12.6. The van der Waals surface area contributed by atoms with Gasteiger partial charge in [-0.1, -0.05) is 35.3 Å². The lowest BCUT2D eigenvalue weighted by Crippen LogP contribution is -2.14. The molecule has 3 aromatic rings. The zero-order chi connectivity index (χ0) is 21.1. The minimum atomic E-state index is -0.452. The first-order valence-electron chi connectivity index (χ1n) is 8.63. The number of rotatable bonds is 4. The first kappa shape index (κ1) is 21.4. The summed E-state index contributed by atoms with van der Waals surface area (Å²) >= 11 is 14.4. The molecule has 0 saturated heterocycles. The SMILES string of the molecule is Cc1cc(C=C(C#N)C(=O)Nc2ccccc2I)c(C)n1-c1cc(Cl)cc(Cl)c1. The molecule has 29 heavy (non-hydrogen) atoms. The van der Waals surface area contributed by atoms with Gasteiger partial charge in [-0.3, -0.25) is 4.79 Å². The zero-order valence-electron chi connectivity index (χ0n) is 15.6. The molecule has 0 aliphatic heterocycles. The predicted molar refractivity (Wildman–Crippen MR) is 127 cm³/mol. The third kappa shape index (κ3) is 4.84. The van der Waals surface area contributed by atoms with Crippen LogP contribution >= 0.6 is 45.8 Å². The van der Waals surface area contributed by atoms with Crippen molar-refractivity contribution in [3.8, 4) is 11.8 Å². The average molecular weight is 536 g/mol. The molecule has 1 N–H and O–H groups in total. The molecular weight excluding hydrogens is 520 g/mol. The number of hydrogen-bond donors (Lipinski definition) is 1. The Morgan fingerprint density at radius 3 is 2.41 bits per heavy atom. The van der Waals surface area contributed by atoms with Crippen molar-refractivity contribution in [3.05, 3.63) is 84.7 Å². The van der Waals surface area contributed by atoms with E-state index in [2.05, 4.69) is 27.9 Å². The molecule has 0 unspecified atom stereocenters. The normalized spacial score (nSPS) is 11.2. The van der Waals surface area contributed by atoms with Crippen LogP contribution in [0, 0.1) is 28.7 Å². The zero-order valence-corrected chi connectivity index (χ0v) is 19.3. The van der Waals surface area contributed by atoms with Crippen LogP contribution in [0.5, 0.6) is 0 Å². The predicted octanol–water partition coefficient (Wildman–Crippen LogP) is 6.55. The molecule has 0 fully saturated rings. The highest BCUT2D eigenvalue weighted by molar-refractivity contribution is 14.1. The summed E-state index contributed by atoms with van der Waals surface area (Å²) in [7, 11) is 0. The molecular formula is C22H16Cl2IN3O. The van der Waals surface area contributed by atoms with Crippen LogP contribution < -0.4 is 5.32 Å². The Bertz CT molecular complexity index is 1160. The van der Waals surface area contributed by atoms with Crippen molar-refractivity contribution in [2.24, 2.45) is 0 Å². The number of amides is 1. The van der Waals surface area contributed by atoms with E-state index in [-0.39, 0.29) is 5.57 Å². The standard InChI is InChI=1S/C22H16Cl2IN3O/c1-13-7-15(14(2)28(13)19-10-17(23)9-18(24)11-19)8-16(12-26)22(29)27-21-6-4-3-5-20(21)25/h3-11H,1-2H3,(H,27,29). The van der Waals surface area contributed by atoms with Gasteiger partial charge in [0.25, 0.3) is 5.91 Å². The second-order valence-electron chi connectivity index (χ2n) is 6.39. The summed E-state index contributed by atoms with van der Waals surface area (Å²) in [4.78, 5) is 12.6. The minimum absolute atomic E-state index is 0.0222. The molecule has 7 heteroatoms. The van der Waals surface area contributed by atoms with Gasteiger partial charge < -0.3 is 9.88 Å². The lowest BCUT2D eigenvalue weighted by Gasteiger charge is -2.11. The number of para-hydroxylation sites is 1. The minimum Gasteiger partial charge on any atom is -0.320 e. The van der Waals surface area contributed by atoms with Crippen LogP contribution in [0.4, 0.5) is 5.69 Å².